The summed E-state index contributed by atoms with van der Waals surface area (Å²) < 4.78 is 37.6. The maximum atomic E-state index is 11.4. The van der Waals surface area contributed by atoms with E-state index in [1.165, 1.54) is 12.1 Å². The molecule has 0 amide bonds. The fourth-order valence-electron chi connectivity index (χ4n) is 1.97. The normalized spacial score (nSPS) is 11.6. The molecule has 0 spiro atoms. The van der Waals surface area contributed by atoms with Crippen molar-refractivity contribution in [2.45, 2.75) is 11.3 Å². The van der Waals surface area contributed by atoms with Gasteiger partial charge in [0.05, 0.1) is 11.5 Å². The monoisotopic (exact) mass is 327 g/mol. The number of hydrogen-bond acceptors (Lipinski definition) is 5. The first-order valence-corrected chi connectivity index (χ1v) is 8.49. The predicted molar refractivity (Wildman–Crippen MR) is 87.3 cm³/mol. The zero-order chi connectivity index (χ0) is 15.5. The van der Waals surface area contributed by atoms with Crippen LogP contribution in [0.1, 0.15) is 6.42 Å². The quantitative estimate of drug-likeness (QED) is 0.432. The highest BCUT2D eigenvalue weighted by Crippen LogP contribution is 2.31. The first-order valence-electron chi connectivity index (χ1n) is 6.42. The van der Waals surface area contributed by atoms with Crippen LogP contribution in [-0.4, -0.2) is 32.4 Å². The lowest BCUT2D eigenvalue weighted by Gasteiger charge is -2.12. The van der Waals surface area contributed by atoms with Gasteiger partial charge in [0, 0.05) is 24.2 Å². The van der Waals surface area contributed by atoms with Crippen molar-refractivity contribution >= 4 is 39.2 Å². The van der Waals surface area contributed by atoms with Crippen molar-refractivity contribution in [3.05, 3.63) is 30.3 Å². The first-order chi connectivity index (χ1) is 9.95. The Balaban J connectivity index is 2.57. The van der Waals surface area contributed by atoms with E-state index in [4.69, 9.17) is 4.74 Å². The fraction of sp³-hybridized carbons (Fsp3) is 0.286. The van der Waals surface area contributed by atoms with Gasteiger partial charge in [-0.15, -0.1) is 0 Å². The van der Waals surface area contributed by atoms with Crippen LogP contribution in [0.5, 0.6) is 5.75 Å². The van der Waals surface area contributed by atoms with Gasteiger partial charge in [0.2, 0.25) is 0 Å². The van der Waals surface area contributed by atoms with Crippen LogP contribution < -0.4 is 10.1 Å². The molecule has 0 saturated carbocycles. The maximum Gasteiger partial charge on any atom is 0.294 e. The molecular formula is C14H17NO4S2. The number of fused-ring (bicyclic) bond motifs is 1. The highest BCUT2D eigenvalue weighted by Gasteiger charge is 2.14. The van der Waals surface area contributed by atoms with E-state index in [2.05, 4.69) is 17.9 Å². The van der Waals surface area contributed by atoms with Gasteiger partial charge < -0.3 is 10.1 Å². The second-order valence-electron chi connectivity index (χ2n) is 4.51. The van der Waals surface area contributed by atoms with Crippen molar-refractivity contribution in [3.8, 4) is 5.75 Å². The van der Waals surface area contributed by atoms with E-state index in [1.807, 2.05) is 12.1 Å². The third-order valence-corrected chi connectivity index (χ3v) is 4.18. The van der Waals surface area contributed by atoms with E-state index in [0.29, 0.717) is 23.5 Å². The SMILES string of the molecule is CNc1ccc2cc(S(=O)(=O)O)cc(OCCCS)c2c1. The molecule has 0 aliphatic rings. The lowest BCUT2D eigenvalue weighted by atomic mass is 10.1. The average Bonchev–Trinajstić information content (AvgIpc) is 2.45. The Morgan fingerprint density at radius 3 is 2.67 bits per heavy atom. The molecule has 0 heterocycles. The molecule has 0 saturated heterocycles. The highest BCUT2D eigenvalue weighted by atomic mass is 32.2. The lowest BCUT2D eigenvalue weighted by molar-refractivity contribution is 0.321. The molecule has 0 radical (unpaired) electrons. The molecule has 2 aromatic rings. The number of thiol groups is 1. The van der Waals surface area contributed by atoms with Crippen LogP contribution >= 0.6 is 12.6 Å². The van der Waals surface area contributed by atoms with Crippen molar-refractivity contribution in [3.63, 3.8) is 0 Å². The standard InChI is InChI=1S/C14H17NO4S2/c1-15-11-4-3-10-7-12(21(16,17)18)9-14(13(10)8-11)19-5-2-6-20/h3-4,7-9,15,20H,2,5-6H2,1H3,(H,16,17,18). The molecule has 114 valence electrons. The Morgan fingerprint density at radius 1 is 1.29 bits per heavy atom. The van der Waals surface area contributed by atoms with Gasteiger partial charge in [0.15, 0.2) is 0 Å². The third-order valence-electron chi connectivity index (χ3n) is 3.04. The van der Waals surface area contributed by atoms with Crippen LogP contribution in [-0.2, 0) is 10.1 Å². The van der Waals surface area contributed by atoms with Crippen molar-refractivity contribution in [2.75, 3.05) is 24.7 Å². The van der Waals surface area contributed by atoms with Crippen LogP contribution in [0.15, 0.2) is 35.2 Å². The molecule has 0 aliphatic heterocycles. The summed E-state index contributed by atoms with van der Waals surface area (Å²) in [6.07, 6.45) is 0.742. The molecule has 7 heteroatoms. The predicted octanol–water partition coefficient (Wildman–Crippen LogP) is 2.83. The summed E-state index contributed by atoms with van der Waals surface area (Å²) in [4.78, 5) is -0.173. The summed E-state index contributed by atoms with van der Waals surface area (Å²) >= 11 is 4.11. The number of anilines is 1. The van der Waals surface area contributed by atoms with Crippen molar-refractivity contribution in [1.82, 2.24) is 0 Å². The molecule has 21 heavy (non-hydrogen) atoms. The first kappa shape index (κ1) is 15.9. The molecule has 0 aliphatic carbocycles. The van der Waals surface area contributed by atoms with Crippen LogP contribution in [0.3, 0.4) is 0 Å². The second-order valence-corrected chi connectivity index (χ2v) is 6.38. The molecule has 0 fully saturated rings. The van der Waals surface area contributed by atoms with Crippen LogP contribution in [0.25, 0.3) is 10.8 Å². The summed E-state index contributed by atoms with van der Waals surface area (Å²) in [5, 5.41) is 4.49. The number of rotatable bonds is 6. The summed E-state index contributed by atoms with van der Waals surface area (Å²) in [5.41, 5.74) is 0.890. The minimum absolute atomic E-state index is 0.173. The van der Waals surface area contributed by atoms with Gasteiger partial charge in [-0.25, -0.2) is 0 Å². The second kappa shape index (κ2) is 6.55. The third kappa shape index (κ3) is 3.81. The summed E-state index contributed by atoms with van der Waals surface area (Å²) in [6, 6.07) is 8.25. The van der Waals surface area contributed by atoms with E-state index in [1.54, 1.807) is 13.1 Å². The van der Waals surface area contributed by atoms with Crippen LogP contribution in [0.4, 0.5) is 5.69 Å². The van der Waals surface area contributed by atoms with Crippen molar-refractivity contribution in [1.29, 1.82) is 0 Å². The van der Waals surface area contributed by atoms with E-state index < -0.39 is 10.1 Å². The minimum atomic E-state index is -4.27. The zero-order valence-corrected chi connectivity index (χ0v) is 13.2. The Labute approximate surface area is 129 Å². The van der Waals surface area contributed by atoms with E-state index >= 15 is 0 Å². The lowest BCUT2D eigenvalue weighted by Crippen LogP contribution is -2.02. The largest absolute Gasteiger partial charge is 0.493 e. The molecule has 0 unspecified atom stereocenters. The number of hydrogen-bond donors (Lipinski definition) is 3. The van der Waals surface area contributed by atoms with Gasteiger partial charge in [-0.2, -0.15) is 21.0 Å². The van der Waals surface area contributed by atoms with Gasteiger partial charge in [-0.05, 0) is 35.8 Å². The zero-order valence-electron chi connectivity index (χ0n) is 11.5. The van der Waals surface area contributed by atoms with Crippen molar-refractivity contribution in [2.24, 2.45) is 0 Å². The Kier molecular flexibility index (Phi) is 4.97. The topological polar surface area (TPSA) is 75.6 Å². The molecule has 2 N–H and O–H groups in total. The Morgan fingerprint density at radius 2 is 2.05 bits per heavy atom. The maximum absolute atomic E-state index is 11.4. The summed E-state index contributed by atoms with van der Waals surface area (Å²) in [5.74, 6) is 1.11. The molecular weight excluding hydrogens is 310 g/mol. The van der Waals surface area contributed by atoms with Gasteiger partial charge in [0.25, 0.3) is 10.1 Å². The summed E-state index contributed by atoms with van der Waals surface area (Å²) in [7, 11) is -2.47. The number of benzene rings is 2. The smallest absolute Gasteiger partial charge is 0.294 e. The van der Waals surface area contributed by atoms with Gasteiger partial charge in [0.1, 0.15) is 5.75 Å². The average molecular weight is 327 g/mol. The minimum Gasteiger partial charge on any atom is -0.493 e. The van der Waals surface area contributed by atoms with E-state index in [0.717, 1.165) is 17.5 Å². The van der Waals surface area contributed by atoms with Gasteiger partial charge >= 0.3 is 0 Å². The molecule has 0 atom stereocenters. The van der Waals surface area contributed by atoms with Crippen molar-refractivity contribution < 1.29 is 17.7 Å². The molecule has 0 aromatic heterocycles. The highest BCUT2D eigenvalue weighted by molar-refractivity contribution is 7.85. The number of ether oxygens (including phenoxy) is 1. The fourth-order valence-corrected chi connectivity index (χ4v) is 2.63. The molecule has 2 aromatic carbocycles. The molecule has 2 rings (SSSR count). The van der Waals surface area contributed by atoms with Crippen LogP contribution in [0.2, 0.25) is 0 Å². The van der Waals surface area contributed by atoms with Gasteiger partial charge in [-0.3, -0.25) is 4.55 Å². The van der Waals surface area contributed by atoms with Crippen LogP contribution in [0, 0.1) is 0 Å². The number of nitrogens with one attached hydrogen (secondary N) is 1. The molecule has 5 nitrogen and oxygen atoms in total. The Bertz CT molecular complexity index is 744. The Hall–Kier alpha value is -1.44. The summed E-state index contributed by atoms with van der Waals surface area (Å²) in [6.45, 7) is 0.428. The van der Waals surface area contributed by atoms with Gasteiger partial charge in [-0.1, -0.05) is 6.07 Å². The molecule has 0 bridgehead atoms. The van der Waals surface area contributed by atoms with E-state index in [-0.39, 0.29) is 4.90 Å². The van der Waals surface area contributed by atoms with E-state index in [9.17, 15) is 13.0 Å².